The highest BCUT2D eigenvalue weighted by molar-refractivity contribution is 6.18. The van der Waals surface area contributed by atoms with Crippen LogP contribution < -0.4 is 0 Å². The molecule has 0 fully saturated rings. The van der Waals surface area contributed by atoms with Crippen LogP contribution in [0.5, 0.6) is 0 Å². The van der Waals surface area contributed by atoms with Gasteiger partial charge < -0.3 is 0 Å². The summed E-state index contributed by atoms with van der Waals surface area (Å²) in [6.45, 7) is 6.28. The van der Waals surface area contributed by atoms with Crippen molar-refractivity contribution in [2.24, 2.45) is 0 Å². The van der Waals surface area contributed by atoms with Crippen LogP contribution in [0.2, 0.25) is 0 Å². The molecular formula is C8H17Cl2N. The molecule has 0 unspecified atom stereocenters. The number of nitrogens with zero attached hydrogens (tertiary/aromatic N) is 1. The first kappa shape index (κ1) is 11.5. The number of hydrogen-bond acceptors (Lipinski definition) is 1. The second-order valence-electron chi connectivity index (χ2n) is 2.67. The Bertz CT molecular complexity index is 82.2. The van der Waals surface area contributed by atoms with E-state index in [9.17, 15) is 0 Å². The van der Waals surface area contributed by atoms with Gasteiger partial charge in [-0.1, -0.05) is 6.92 Å². The summed E-state index contributed by atoms with van der Waals surface area (Å²) < 4.78 is 0. The second kappa shape index (κ2) is 7.20. The summed E-state index contributed by atoms with van der Waals surface area (Å²) in [6.07, 6.45) is 1.16. The van der Waals surface area contributed by atoms with Gasteiger partial charge in [0.15, 0.2) is 0 Å². The third-order valence-electron chi connectivity index (χ3n) is 1.96. The predicted octanol–water partition coefficient (Wildman–Crippen LogP) is 2.56. The molecule has 0 aromatic carbocycles. The maximum absolute atomic E-state index is 5.65. The highest BCUT2D eigenvalue weighted by Gasteiger charge is 2.09. The zero-order chi connectivity index (χ0) is 8.69. The summed E-state index contributed by atoms with van der Waals surface area (Å²) in [5.74, 6) is 1.39. The van der Waals surface area contributed by atoms with Gasteiger partial charge in [0, 0.05) is 30.9 Å². The Kier molecular flexibility index (Phi) is 7.56. The minimum Gasteiger partial charge on any atom is -0.298 e. The minimum absolute atomic E-state index is 0.604. The number of rotatable bonds is 6. The van der Waals surface area contributed by atoms with E-state index in [0.717, 1.165) is 19.5 Å². The SMILES string of the molecule is CC[C@@H](C)N(CCCl)CCCl. The van der Waals surface area contributed by atoms with E-state index >= 15 is 0 Å². The summed E-state index contributed by atoms with van der Waals surface area (Å²) >= 11 is 11.3. The standard InChI is InChI=1S/C8H17Cl2N/c1-3-8(2)11(6-4-9)7-5-10/h8H,3-7H2,1-2H3/t8-/m1/s1. The van der Waals surface area contributed by atoms with E-state index < -0.39 is 0 Å². The van der Waals surface area contributed by atoms with E-state index in [4.69, 9.17) is 23.2 Å². The van der Waals surface area contributed by atoms with Gasteiger partial charge in [-0.3, -0.25) is 4.90 Å². The van der Waals surface area contributed by atoms with Crippen LogP contribution >= 0.6 is 23.2 Å². The van der Waals surface area contributed by atoms with Crippen LogP contribution in [0.1, 0.15) is 20.3 Å². The average molecular weight is 198 g/mol. The Balaban J connectivity index is 3.66. The Labute approximate surface area is 79.7 Å². The molecule has 0 amide bonds. The molecule has 0 spiro atoms. The van der Waals surface area contributed by atoms with Gasteiger partial charge in [0.25, 0.3) is 0 Å². The lowest BCUT2D eigenvalue weighted by molar-refractivity contribution is 0.229. The van der Waals surface area contributed by atoms with Gasteiger partial charge in [-0.15, -0.1) is 23.2 Å². The molecule has 3 heteroatoms. The molecule has 0 aromatic rings. The van der Waals surface area contributed by atoms with Gasteiger partial charge in [-0.2, -0.15) is 0 Å². The number of hydrogen-bond donors (Lipinski definition) is 0. The van der Waals surface area contributed by atoms with E-state index in [1.54, 1.807) is 0 Å². The van der Waals surface area contributed by atoms with Crippen molar-refractivity contribution < 1.29 is 0 Å². The van der Waals surface area contributed by atoms with E-state index in [-0.39, 0.29) is 0 Å². The van der Waals surface area contributed by atoms with Gasteiger partial charge in [0.2, 0.25) is 0 Å². The molecule has 11 heavy (non-hydrogen) atoms. The van der Waals surface area contributed by atoms with Crippen molar-refractivity contribution in [2.45, 2.75) is 26.3 Å². The molecule has 0 saturated heterocycles. The fourth-order valence-corrected chi connectivity index (χ4v) is 1.46. The second-order valence-corrected chi connectivity index (χ2v) is 3.43. The first-order valence-corrected chi connectivity index (χ1v) is 5.19. The first-order chi connectivity index (χ1) is 5.26. The van der Waals surface area contributed by atoms with Crippen molar-refractivity contribution in [1.82, 2.24) is 4.90 Å². The summed E-state index contributed by atoms with van der Waals surface area (Å²) in [6, 6.07) is 0.604. The largest absolute Gasteiger partial charge is 0.298 e. The molecule has 0 N–H and O–H groups in total. The third kappa shape index (κ3) is 4.89. The first-order valence-electron chi connectivity index (χ1n) is 4.12. The molecule has 0 heterocycles. The van der Waals surface area contributed by atoms with Crippen molar-refractivity contribution >= 4 is 23.2 Å². The van der Waals surface area contributed by atoms with E-state index in [1.807, 2.05) is 0 Å². The molecule has 0 radical (unpaired) electrons. The molecule has 0 saturated carbocycles. The zero-order valence-electron chi connectivity index (χ0n) is 7.32. The van der Waals surface area contributed by atoms with Crippen LogP contribution in [0.3, 0.4) is 0 Å². The van der Waals surface area contributed by atoms with Crippen LogP contribution in [0, 0.1) is 0 Å². The van der Waals surface area contributed by atoms with Gasteiger partial charge >= 0.3 is 0 Å². The summed E-state index contributed by atoms with van der Waals surface area (Å²) in [5.41, 5.74) is 0. The van der Waals surface area contributed by atoms with Gasteiger partial charge in [0.1, 0.15) is 0 Å². The predicted molar refractivity (Wildman–Crippen MR) is 52.8 cm³/mol. The lowest BCUT2D eigenvalue weighted by Gasteiger charge is -2.26. The number of alkyl halides is 2. The lowest BCUT2D eigenvalue weighted by atomic mass is 10.2. The topological polar surface area (TPSA) is 3.24 Å². The van der Waals surface area contributed by atoms with Crippen LogP contribution in [-0.2, 0) is 0 Å². The third-order valence-corrected chi connectivity index (χ3v) is 2.30. The van der Waals surface area contributed by atoms with Crippen molar-refractivity contribution in [1.29, 1.82) is 0 Å². The average Bonchev–Trinajstić information content (AvgIpc) is 2.03. The fourth-order valence-electron chi connectivity index (χ4n) is 1.03. The molecule has 0 aliphatic rings. The minimum atomic E-state index is 0.604. The van der Waals surface area contributed by atoms with Crippen LogP contribution in [0.4, 0.5) is 0 Å². The van der Waals surface area contributed by atoms with Gasteiger partial charge in [-0.05, 0) is 13.3 Å². The Hall–Kier alpha value is 0.540. The van der Waals surface area contributed by atoms with Crippen molar-refractivity contribution in [3.63, 3.8) is 0 Å². The molecule has 0 aliphatic heterocycles. The molecule has 1 nitrogen and oxygen atoms in total. The molecular weight excluding hydrogens is 181 g/mol. The summed E-state index contributed by atoms with van der Waals surface area (Å²) in [7, 11) is 0. The maximum Gasteiger partial charge on any atom is 0.0351 e. The van der Waals surface area contributed by atoms with E-state index in [2.05, 4.69) is 18.7 Å². The highest BCUT2D eigenvalue weighted by Crippen LogP contribution is 2.03. The van der Waals surface area contributed by atoms with Crippen molar-refractivity contribution in [3.05, 3.63) is 0 Å². The van der Waals surface area contributed by atoms with Crippen LogP contribution in [-0.4, -0.2) is 35.8 Å². The lowest BCUT2D eigenvalue weighted by Crippen LogP contribution is -2.35. The summed E-state index contributed by atoms with van der Waals surface area (Å²) in [4.78, 5) is 2.32. The molecule has 0 aromatic heterocycles. The Morgan fingerprint density at radius 2 is 1.64 bits per heavy atom. The normalized spacial score (nSPS) is 13.9. The quantitative estimate of drug-likeness (QED) is 0.593. The van der Waals surface area contributed by atoms with Gasteiger partial charge in [-0.25, -0.2) is 0 Å². The van der Waals surface area contributed by atoms with Crippen molar-refractivity contribution in [2.75, 3.05) is 24.8 Å². The maximum atomic E-state index is 5.65. The van der Waals surface area contributed by atoms with E-state index in [1.165, 1.54) is 0 Å². The van der Waals surface area contributed by atoms with Gasteiger partial charge in [0.05, 0.1) is 0 Å². The zero-order valence-corrected chi connectivity index (χ0v) is 8.83. The molecule has 0 rings (SSSR count). The Morgan fingerprint density at radius 3 is 1.91 bits per heavy atom. The molecule has 0 bridgehead atoms. The fraction of sp³-hybridized carbons (Fsp3) is 1.00. The highest BCUT2D eigenvalue weighted by atomic mass is 35.5. The van der Waals surface area contributed by atoms with E-state index in [0.29, 0.717) is 17.8 Å². The van der Waals surface area contributed by atoms with Crippen LogP contribution in [0.15, 0.2) is 0 Å². The summed E-state index contributed by atoms with van der Waals surface area (Å²) in [5, 5.41) is 0. The number of halogens is 2. The smallest absolute Gasteiger partial charge is 0.0351 e. The molecule has 0 aliphatic carbocycles. The molecule has 1 atom stereocenters. The molecule has 68 valence electrons. The monoisotopic (exact) mass is 197 g/mol. The Morgan fingerprint density at radius 1 is 1.18 bits per heavy atom. The van der Waals surface area contributed by atoms with Crippen molar-refractivity contribution in [3.8, 4) is 0 Å². The van der Waals surface area contributed by atoms with Crippen LogP contribution in [0.25, 0.3) is 0 Å².